The SMILES string of the molecule is CCN1C(=O)[C@@H](NC(=O)c2cnc3c(c2)C[C@@]2(C3)C(=O)NC3=C2C=CCN3)C[C@@H](c2c(F)ccc(F)c2F)[C@H]1C. The first kappa shape index (κ1) is 26.1. The first-order valence-corrected chi connectivity index (χ1v) is 13.3. The molecule has 4 atom stereocenters. The van der Waals surface area contributed by atoms with Crippen molar-refractivity contribution in [3.8, 4) is 0 Å². The van der Waals surface area contributed by atoms with Gasteiger partial charge in [0.25, 0.3) is 5.91 Å². The van der Waals surface area contributed by atoms with E-state index in [0.717, 1.165) is 29.0 Å². The molecule has 1 saturated heterocycles. The van der Waals surface area contributed by atoms with E-state index in [1.165, 1.54) is 11.1 Å². The molecule has 2 aromatic rings. The molecule has 11 heteroatoms. The molecule has 1 fully saturated rings. The third-order valence-corrected chi connectivity index (χ3v) is 8.66. The summed E-state index contributed by atoms with van der Waals surface area (Å²) in [5, 5.41) is 8.80. The summed E-state index contributed by atoms with van der Waals surface area (Å²) in [7, 11) is 0. The summed E-state index contributed by atoms with van der Waals surface area (Å²) in [6, 6.07) is 1.57. The Kier molecular flexibility index (Phi) is 6.19. The third-order valence-electron chi connectivity index (χ3n) is 8.66. The second kappa shape index (κ2) is 9.50. The second-order valence-corrected chi connectivity index (χ2v) is 10.8. The van der Waals surface area contributed by atoms with Gasteiger partial charge in [-0.2, -0.15) is 0 Å². The van der Waals surface area contributed by atoms with Crippen molar-refractivity contribution in [1.82, 2.24) is 25.8 Å². The fourth-order valence-electron chi connectivity index (χ4n) is 6.60. The molecule has 3 N–H and O–H groups in total. The highest BCUT2D eigenvalue weighted by Crippen LogP contribution is 2.47. The topological polar surface area (TPSA) is 103 Å². The van der Waals surface area contributed by atoms with Crippen molar-refractivity contribution in [2.24, 2.45) is 5.41 Å². The van der Waals surface area contributed by atoms with Gasteiger partial charge in [-0.25, -0.2) is 13.2 Å². The lowest BCUT2D eigenvalue weighted by molar-refractivity contribution is -0.139. The van der Waals surface area contributed by atoms with Crippen LogP contribution in [-0.2, 0) is 22.4 Å². The molecule has 6 rings (SSSR count). The Bertz CT molecular complexity index is 1520. The summed E-state index contributed by atoms with van der Waals surface area (Å²) in [5.41, 5.74) is 1.32. The van der Waals surface area contributed by atoms with Crippen LogP contribution in [0.4, 0.5) is 13.2 Å². The first-order chi connectivity index (χ1) is 19.1. The van der Waals surface area contributed by atoms with Gasteiger partial charge >= 0.3 is 0 Å². The van der Waals surface area contributed by atoms with Crippen LogP contribution in [0.25, 0.3) is 0 Å². The van der Waals surface area contributed by atoms with Crippen LogP contribution >= 0.6 is 0 Å². The molecule has 1 aromatic carbocycles. The number of rotatable bonds is 4. The molecule has 3 amide bonds. The summed E-state index contributed by atoms with van der Waals surface area (Å²) in [6.07, 6.45) is 5.97. The molecular weight excluding hydrogens is 523 g/mol. The zero-order valence-corrected chi connectivity index (χ0v) is 22.0. The number of amides is 3. The smallest absolute Gasteiger partial charge is 0.253 e. The molecular formula is C29H28F3N5O3. The molecule has 4 heterocycles. The van der Waals surface area contributed by atoms with Crippen molar-refractivity contribution >= 4 is 17.7 Å². The number of fused-ring (bicyclic) bond motifs is 2. The van der Waals surface area contributed by atoms with Gasteiger partial charge in [0.15, 0.2) is 11.6 Å². The number of carbonyl (C=O) groups is 3. The molecule has 1 aliphatic carbocycles. The quantitative estimate of drug-likeness (QED) is 0.507. The highest BCUT2D eigenvalue weighted by Gasteiger charge is 2.52. The van der Waals surface area contributed by atoms with Gasteiger partial charge in [0.1, 0.15) is 17.7 Å². The van der Waals surface area contributed by atoms with E-state index in [2.05, 4.69) is 20.9 Å². The number of halogens is 3. The van der Waals surface area contributed by atoms with E-state index in [0.29, 0.717) is 25.2 Å². The first-order valence-electron chi connectivity index (χ1n) is 13.3. The summed E-state index contributed by atoms with van der Waals surface area (Å²) in [6.45, 7) is 4.25. The fourth-order valence-corrected chi connectivity index (χ4v) is 6.60. The van der Waals surface area contributed by atoms with Crippen LogP contribution in [0.15, 0.2) is 47.9 Å². The largest absolute Gasteiger partial charge is 0.368 e. The number of likely N-dealkylation sites (N-methyl/N-ethyl adjacent to an activating group) is 1. The highest BCUT2D eigenvalue weighted by atomic mass is 19.2. The zero-order valence-electron chi connectivity index (χ0n) is 22.0. The number of piperidine rings is 1. The van der Waals surface area contributed by atoms with Gasteiger partial charge < -0.3 is 20.9 Å². The van der Waals surface area contributed by atoms with Gasteiger partial charge in [-0.05, 0) is 50.5 Å². The van der Waals surface area contributed by atoms with Crippen LogP contribution in [0.5, 0.6) is 0 Å². The predicted molar refractivity (Wildman–Crippen MR) is 138 cm³/mol. The van der Waals surface area contributed by atoms with Crippen LogP contribution in [0.1, 0.15) is 53.4 Å². The molecule has 4 aliphatic rings. The summed E-state index contributed by atoms with van der Waals surface area (Å²) in [5.74, 6) is -4.63. The minimum absolute atomic E-state index is 0.0998. The Morgan fingerprint density at radius 2 is 1.98 bits per heavy atom. The average molecular weight is 552 g/mol. The Morgan fingerprint density at radius 1 is 1.20 bits per heavy atom. The number of allylic oxidation sites excluding steroid dienone is 1. The maximum Gasteiger partial charge on any atom is 0.253 e. The van der Waals surface area contributed by atoms with Crippen molar-refractivity contribution in [3.63, 3.8) is 0 Å². The molecule has 0 unspecified atom stereocenters. The zero-order chi connectivity index (χ0) is 28.3. The van der Waals surface area contributed by atoms with Gasteiger partial charge in [-0.3, -0.25) is 19.4 Å². The molecule has 0 radical (unpaired) electrons. The van der Waals surface area contributed by atoms with E-state index in [1.807, 2.05) is 12.2 Å². The van der Waals surface area contributed by atoms with E-state index in [4.69, 9.17) is 0 Å². The van der Waals surface area contributed by atoms with Crippen molar-refractivity contribution in [1.29, 1.82) is 0 Å². The van der Waals surface area contributed by atoms with Gasteiger partial charge in [0.2, 0.25) is 11.8 Å². The Labute approximate surface area is 228 Å². The lowest BCUT2D eigenvalue weighted by Gasteiger charge is -2.43. The number of nitrogens with zero attached hydrogens (tertiary/aromatic N) is 2. The number of benzene rings is 1. The number of dihydropyridines is 1. The molecule has 1 spiro atoms. The number of carbonyl (C=O) groups excluding carboxylic acids is 3. The normalized spacial score (nSPS) is 27.0. The van der Waals surface area contributed by atoms with Crippen LogP contribution < -0.4 is 16.0 Å². The lowest BCUT2D eigenvalue weighted by Crippen LogP contribution is -2.58. The maximum absolute atomic E-state index is 14.7. The van der Waals surface area contributed by atoms with Gasteiger partial charge in [0.05, 0.1) is 11.0 Å². The van der Waals surface area contributed by atoms with E-state index >= 15 is 0 Å². The standard InChI is InChI=1S/C29H28F3N5O3/c1-3-37-14(2)17(23-19(30)6-7-20(31)24(23)32)10-21(27(37)39)35-26(38)16-9-15-11-29(12-22(15)34-13-16)18-5-4-8-33-25(18)36-28(29)40/h4-7,9,13-14,17,21,33H,3,8,10-12H2,1-2H3,(H,35,38)(H,36,40)/t14-,17-,21+,29+/m1/s1. The molecule has 3 aliphatic heterocycles. The maximum atomic E-state index is 14.7. The fraction of sp³-hybridized carbons (Fsp3) is 0.379. The van der Waals surface area contributed by atoms with E-state index < -0.39 is 52.3 Å². The molecule has 1 aromatic heterocycles. The monoisotopic (exact) mass is 551 g/mol. The number of likely N-dealkylation sites (tertiary alicyclic amines) is 1. The van der Waals surface area contributed by atoms with E-state index in [-0.39, 0.29) is 30.3 Å². The number of hydrogen-bond donors (Lipinski definition) is 3. The molecule has 40 heavy (non-hydrogen) atoms. The van der Waals surface area contributed by atoms with Gasteiger partial charge in [-0.15, -0.1) is 0 Å². The van der Waals surface area contributed by atoms with Crippen LogP contribution in [0.2, 0.25) is 0 Å². The number of hydrogen-bond acceptors (Lipinski definition) is 5. The molecule has 0 bridgehead atoms. The summed E-state index contributed by atoms with van der Waals surface area (Å²) >= 11 is 0. The highest BCUT2D eigenvalue weighted by molar-refractivity contribution is 5.98. The second-order valence-electron chi connectivity index (χ2n) is 10.8. The van der Waals surface area contributed by atoms with Gasteiger partial charge in [-0.1, -0.05) is 12.2 Å². The summed E-state index contributed by atoms with van der Waals surface area (Å²) in [4.78, 5) is 45.5. The van der Waals surface area contributed by atoms with Crippen molar-refractivity contribution in [2.45, 2.75) is 51.1 Å². The molecule has 8 nitrogen and oxygen atoms in total. The summed E-state index contributed by atoms with van der Waals surface area (Å²) < 4.78 is 43.5. The number of nitrogens with one attached hydrogen (secondary N) is 3. The van der Waals surface area contributed by atoms with Crippen LogP contribution in [0.3, 0.4) is 0 Å². The lowest BCUT2D eigenvalue weighted by atomic mass is 9.78. The molecule has 208 valence electrons. The number of aromatic nitrogens is 1. The van der Waals surface area contributed by atoms with E-state index in [1.54, 1.807) is 19.9 Å². The number of pyridine rings is 1. The molecule has 0 saturated carbocycles. The van der Waals surface area contributed by atoms with Crippen LogP contribution in [0, 0.1) is 22.9 Å². The van der Waals surface area contributed by atoms with Crippen LogP contribution in [-0.4, -0.2) is 52.8 Å². The Hall–Kier alpha value is -4.15. The Balaban J connectivity index is 1.25. The van der Waals surface area contributed by atoms with Crippen molar-refractivity contribution in [3.05, 3.63) is 87.8 Å². The van der Waals surface area contributed by atoms with E-state index in [9.17, 15) is 27.6 Å². The average Bonchev–Trinajstić information content (AvgIpc) is 3.46. The Morgan fingerprint density at radius 3 is 2.75 bits per heavy atom. The van der Waals surface area contributed by atoms with Crippen molar-refractivity contribution in [2.75, 3.05) is 13.1 Å². The van der Waals surface area contributed by atoms with Crippen molar-refractivity contribution < 1.29 is 27.6 Å². The minimum Gasteiger partial charge on any atom is -0.368 e. The predicted octanol–water partition coefficient (Wildman–Crippen LogP) is 2.61. The minimum atomic E-state index is -1.29. The third kappa shape index (κ3) is 3.89. The van der Waals surface area contributed by atoms with Gasteiger partial charge in [0, 0.05) is 54.5 Å².